The van der Waals surface area contributed by atoms with Crippen LogP contribution in [0.5, 0.6) is 0 Å². The van der Waals surface area contributed by atoms with Gasteiger partial charge in [-0.25, -0.2) is 9.48 Å². The molecule has 0 bridgehead atoms. The zero-order valence-corrected chi connectivity index (χ0v) is 12.6. The van der Waals surface area contributed by atoms with E-state index in [4.69, 9.17) is 9.52 Å². The van der Waals surface area contributed by atoms with Crippen molar-refractivity contribution in [1.29, 1.82) is 0 Å². The Bertz CT molecular complexity index is 639. The van der Waals surface area contributed by atoms with E-state index in [1.54, 1.807) is 0 Å². The van der Waals surface area contributed by atoms with E-state index < -0.39 is 5.97 Å². The van der Waals surface area contributed by atoms with Crippen LogP contribution in [-0.2, 0) is 18.4 Å². The maximum atomic E-state index is 11.1. The van der Waals surface area contributed by atoms with Gasteiger partial charge in [-0.05, 0) is 6.42 Å². The molecule has 0 saturated carbocycles. The number of aromatic nitrogens is 5. The van der Waals surface area contributed by atoms with Gasteiger partial charge in [0.2, 0.25) is 11.8 Å². The van der Waals surface area contributed by atoms with Gasteiger partial charge in [-0.3, -0.25) is 0 Å². The second-order valence-electron chi connectivity index (χ2n) is 5.85. The molecule has 0 radical (unpaired) electrons. The molecule has 0 unspecified atom stereocenters. The lowest BCUT2D eigenvalue weighted by atomic mass is 9.97. The fraction of sp³-hybridized carbons (Fsp3) is 0.615. The summed E-state index contributed by atoms with van der Waals surface area (Å²) in [5.41, 5.74) is 0.319. The molecule has 2 aromatic heterocycles. The van der Waals surface area contributed by atoms with Crippen LogP contribution in [0.3, 0.4) is 0 Å². The molecule has 0 amide bonds. The minimum atomic E-state index is -1.08. The first-order valence-electron chi connectivity index (χ1n) is 6.81. The number of hydrogen-bond acceptors (Lipinski definition) is 6. The summed E-state index contributed by atoms with van der Waals surface area (Å²) in [6, 6.07) is 0. The number of carboxylic acids is 1. The first kappa shape index (κ1) is 15.1. The number of rotatable bonds is 5. The minimum absolute atomic E-state index is 0.0209. The summed E-state index contributed by atoms with van der Waals surface area (Å²) in [6.07, 6.45) is 1.37. The molecule has 0 spiro atoms. The molecule has 0 aromatic carbocycles. The van der Waals surface area contributed by atoms with Crippen molar-refractivity contribution < 1.29 is 14.3 Å². The molecule has 0 aliphatic carbocycles. The van der Waals surface area contributed by atoms with E-state index >= 15 is 0 Å². The van der Waals surface area contributed by atoms with E-state index in [1.807, 2.05) is 27.7 Å². The number of aromatic carboxylic acids is 1. The molecular formula is C13H19N5O3. The lowest BCUT2D eigenvalue weighted by molar-refractivity contribution is 0.0689. The second-order valence-corrected chi connectivity index (χ2v) is 5.85. The summed E-state index contributed by atoms with van der Waals surface area (Å²) in [5, 5.41) is 24.7. The smallest absolute Gasteiger partial charge is 0.358 e. The summed E-state index contributed by atoms with van der Waals surface area (Å²) >= 11 is 0. The Kier molecular flexibility index (Phi) is 4.06. The van der Waals surface area contributed by atoms with Crippen molar-refractivity contribution in [2.75, 3.05) is 0 Å². The van der Waals surface area contributed by atoms with Crippen molar-refractivity contribution in [1.82, 2.24) is 25.2 Å². The van der Waals surface area contributed by atoms with Crippen LogP contribution in [0.15, 0.2) is 4.42 Å². The SMILES string of the molecule is CCCc1c(C(=O)O)nnn1Cc1nnc(C(C)(C)C)o1. The van der Waals surface area contributed by atoms with Crippen LogP contribution < -0.4 is 0 Å². The zero-order chi connectivity index (χ0) is 15.6. The Morgan fingerprint density at radius 1 is 1.29 bits per heavy atom. The van der Waals surface area contributed by atoms with Crippen LogP contribution in [0, 0.1) is 0 Å². The van der Waals surface area contributed by atoms with Gasteiger partial charge in [-0.1, -0.05) is 39.3 Å². The minimum Gasteiger partial charge on any atom is -0.476 e. The lowest BCUT2D eigenvalue weighted by Gasteiger charge is -2.11. The molecule has 1 N–H and O–H groups in total. The lowest BCUT2D eigenvalue weighted by Crippen LogP contribution is -2.11. The molecule has 0 aliphatic rings. The highest BCUT2D eigenvalue weighted by molar-refractivity contribution is 5.86. The van der Waals surface area contributed by atoms with Crippen molar-refractivity contribution in [3.05, 3.63) is 23.2 Å². The molecule has 8 heteroatoms. The monoisotopic (exact) mass is 293 g/mol. The first-order chi connectivity index (χ1) is 9.82. The van der Waals surface area contributed by atoms with Gasteiger partial charge in [0.15, 0.2) is 5.69 Å². The third-order valence-electron chi connectivity index (χ3n) is 2.92. The van der Waals surface area contributed by atoms with Gasteiger partial charge in [-0.2, -0.15) is 0 Å². The third kappa shape index (κ3) is 3.26. The van der Waals surface area contributed by atoms with Crippen LogP contribution in [-0.4, -0.2) is 36.3 Å². The number of carboxylic acid groups (broad SMARTS) is 1. The molecule has 0 fully saturated rings. The molecular weight excluding hydrogens is 274 g/mol. The fourth-order valence-electron chi connectivity index (χ4n) is 1.86. The molecule has 8 nitrogen and oxygen atoms in total. The van der Waals surface area contributed by atoms with Crippen LogP contribution >= 0.6 is 0 Å². The third-order valence-corrected chi connectivity index (χ3v) is 2.92. The zero-order valence-electron chi connectivity index (χ0n) is 12.6. The van der Waals surface area contributed by atoms with Gasteiger partial charge < -0.3 is 9.52 Å². The van der Waals surface area contributed by atoms with Gasteiger partial charge >= 0.3 is 5.97 Å². The van der Waals surface area contributed by atoms with Crippen molar-refractivity contribution >= 4 is 5.97 Å². The van der Waals surface area contributed by atoms with Gasteiger partial charge in [-0.15, -0.1) is 15.3 Å². The fourth-order valence-corrected chi connectivity index (χ4v) is 1.86. The van der Waals surface area contributed by atoms with E-state index in [1.165, 1.54) is 4.68 Å². The molecule has 0 atom stereocenters. The Morgan fingerprint density at radius 2 is 2.00 bits per heavy atom. The van der Waals surface area contributed by atoms with Crippen LogP contribution in [0.2, 0.25) is 0 Å². The van der Waals surface area contributed by atoms with E-state index in [0.717, 1.165) is 6.42 Å². The standard InChI is InChI=1S/C13H19N5O3/c1-5-6-8-10(11(19)20)15-17-18(8)7-9-14-16-12(21-9)13(2,3)4/h5-7H2,1-4H3,(H,19,20). The maximum absolute atomic E-state index is 11.1. The molecule has 0 saturated heterocycles. The van der Waals surface area contributed by atoms with Crippen molar-refractivity contribution in [2.45, 2.75) is 52.5 Å². The van der Waals surface area contributed by atoms with Gasteiger partial charge in [0.25, 0.3) is 0 Å². The summed E-state index contributed by atoms with van der Waals surface area (Å²) in [6.45, 7) is 8.12. The Balaban J connectivity index is 2.27. The molecule has 2 aromatic rings. The maximum Gasteiger partial charge on any atom is 0.358 e. The van der Waals surface area contributed by atoms with Crippen LogP contribution in [0.1, 0.15) is 62.1 Å². The van der Waals surface area contributed by atoms with Gasteiger partial charge in [0.1, 0.15) is 6.54 Å². The Labute approximate surface area is 122 Å². The molecule has 0 aliphatic heterocycles. The molecule has 2 heterocycles. The van der Waals surface area contributed by atoms with E-state index in [-0.39, 0.29) is 17.7 Å². The Morgan fingerprint density at radius 3 is 2.52 bits per heavy atom. The van der Waals surface area contributed by atoms with E-state index in [0.29, 0.717) is 23.9 Å². The van der Waals surface area contributed by atoms with Crippen LogP contribution in [0.25, 0.3) is 0 Å². The summed E-state index contributed by atoms with van der Waals surface area (Å²) in [5.74, 6) is -0.155. The van der Waals surface area contributed by atoms with Crippen molar-refractivity contribution in [2.24, 2.45) is 0 Å². The van der Waals surface area contributed by atoms with Crippen molar-refractivity contribution in [3.63, 3.8) is 0 Å². The van der Waals surface area contributed by atoms with Crippen molar-refractivity contribution in [3.8, 4) is 0 Å². The average Bonchev–Trinajstić information content (AvgIpc) is 2.98. The highest BCUT2D eigenvalue weighted by atomic mass is 16.4. The topological polar surface area (TPSA) is 107 Å². The predicted molar refractivity (Wildman–Crippen MR) is 73.1 cm³/mol. The summed E-state index contributed by atoms with van der Waals surface area (Å²) in [7, 11) is 0. The number of carbonyl (C=O) groups is 1. The largest absolute Gasteiger partial charge is 0.476 e. The Hall–Kier alpha value is -2.25. The summed E-state index contributed by atoms with van der Waals surface area (Å²) in [4.78, 5) is 11.1. The molecule has 2 rings (SSSR count). The van der Waals surface area contributed by atoms with E-state index in [2.05, 4.69) is 20.5 Å². The quantitative estimate of drug-likeness (QED) is 0.893. The molecule has 21 heavy (non-hydrogen) atoms. The van der Waals surface area contributed by atoms with Crippen LogP contribution in [0.4, 0.5) is 0 Å². The normalized spacial score (nSPS) is 11.8. The second kappa shape index (κ2) is 5.63. The highest BCUT2D eigenvalue weighted by Gasteiger charge is 2.23. The first-order valence-corrected chi connectivity index (χ1v) is 6.81. The number of nitrogens with zero attached hydrogens (tertiary/aromatic N) is 5. The van der Waals surface area contributed by atoms with Gasteiger partial charge in [0.05, 0.1) is 5.69 Å². The van der Waals surface area contributed by atoms with Gasteiger partial charge in [0, 0.05) is 5.41 Å². The predicted octanol–water partition coefficient (Wildman–Crippen LogP) is 1.66. The molecule has 114 valence electrons. The summed E-state index contributed by atoms with van der Waals surface area (Å²) < 4.78 is 7.10. The van der Waals surface area contributed by atoms with E-state index in [9.17, 15) is 4.79 Å². The number of hydrogen-bond donors (Lipinski definition) is 1. The average molecular weight is 293 g/mol. The highest BCUT2D eigenvalue weighted by Crippen LogP contribution is 2.20.